The standard InChI is InChI=1S/C18H27N3O2/c1-3-4-7-17(14-21-10-5-6-11-21)23-18-9-8-16(13-20-18)12-19-15(2)22/h3,8-9,13,17H,1,4-7,10-12,14H2,2H3,(H,19,22)/t17-/m0/s1. The number of allylic oxidation sites excluding steroid dienone is 1. The molecule has 1 aliphatic heterocycles. The molecule has 1 amide bonds. The van der Waals surface area contributed by atoms with Gasteiger partial charge in [-0.15, -0.1) is 6.58 Å². The molecule has 0 unspecified atom stereocenters. The minimum absolute atomic E-state index is 0.0413. The first-order valence-electron chi connectivity index (χ1n) is 8.36. The van der Waals surface area contributed by atoms with E-state index < -0.39 is 0 Å². The fourth-order valence-corrected chi connectivity index (χ4v) is 2.73. The normalized spacial score (nSPS) is 16.0. The number of ether oxygens (including phenoxy) is 1. The van der Waals surface area contributed by atoms with Gasteiger partial charge in [-0.1, -0.05) is 12.1 Å². The lowest BCUT2D eigenvalue weighted by Crippen LogP contribution is -2.34. The zero-order valence-corrected chi connectivity index (χ0v) is 14.0. The fraction of sp³-hybridized carbons (Fsp3) is 0.556. The van der Waals surface area contributed by atoms with Gasteiger partial charge in [-0.25, -0.2) is 4.98 Å². The Balaban J connectivity index is 1.89. The zero-order chi connectivity index (χ0) is 16.5. The predicted octanol–water partition coefficient (Wildman–Crippen LogP) is 2.53. The molecule has 0 spiro atoms. The Kier molecular flexibility index (Phi) is 7.07. The summed E-state index contributed by atoms with van der Waals surface area (Å²) in [6.45, 7) is 9.08. The highest BCUT2D eigenvalue weighted by molar-refractivity contribution is 5.72. The van der Waals surface area contributed by atoms with E-state index in [4.69, 9.17) is 4.74 Å². The fourth-order valence-electron chi connectivity index (χ4n) is 2.73. The summed E-state index contributed by atoms with van der Waals surface area (Å²) in [5.74, 6) is 0.602. The Hall–Kier alpha value is -1.88. The summed E-state index contributed by atoms with van der Waals surface area (Å²) < 4.78 is 6.07. The second kappa shape index (κ2) is 9.30. The summed E-state index contributed by atoms with van der Waals surface area (Å²) in [5.41, 5.74) is 0.967. The van der Waals surface area contributed by atoms with Crippen molar-refractivity contribution in [1.82, 2.24) is 15.2 Å². The van der Waals surface area contributed by atoms with Gasteiger partial charge in [-0.2, -0.15) is 0 Å². The highest BCUT2D eigenvalue weighted by Crippen LogP contribution is 2.16. The van der Waals surface area contributed by atoms with Gasteiger partial charge in [0.05, 0.1) is 0 Å². The van der Waals surface area contributed by atoms with Crippen LogP contribution in [0.2, 0.25) is 0 Å². The molecule has 1 saturated heterocycles. The minimum atomic E-state index is -0.0413. The molecule has 23 heavy (non-hydrogen) atoms. The summed E-state index contributed by atoms with van der Waals surface area (Å²) in [6, 6.07) is 3.82. The number of pyridine rings is 1. The van der Waals surface area contributed by atoms with Gasteiger partial charge in [0.15, 0.2) is 0 Å². The Bertz CT molecular complexity index is 495. The monoisotopic (exact) mass is 317 g/mol. The molecule has 0 saturated carbocycles. The molecule has 1 fully saturated rings. The molecular formula is C18H27N3O2. The highest BCUT2D eigenvalue weighted by Gasteiger charge is 2.18. The molecule has 0 aliphatic carbocycles. The molecule has 1 aromatic heterocycles. The van der Waals surface area contributed by atoms with Crippen LogP contribution >= 0.6 is 0 Å². The topological polar surface area (TPSA) is 54.5 Å². The lowest BCUT2D eigenvalue weighted by molar-refractivity contribution is -0.119. The maximum Gasteiger partial charge on any atom is 0.217 e. The maximum absolute atomic E-state index is 10.9. The van der Waals surface area contributed by atoms with Crippen LogP contribution in [0.3, 0.4) is 0 Å². The van der Waals surface area contributed by atoms with Gasteiger partial charge >= 0.3 is 0 Å². The number of aromatic nitrogens is 1. The molecule has 0 radical (unpaired) electrons. The van der Waals surface area contributed by atoms with Crippen molar-refractivity contribution >= 4 is 5.91 Å². The van der Waals surface area contributed by atoms with Crippen molar-refractivity contribution < 1.29 is 9.53 Å². The molecule has 0 bridgehead atoms. The molecular weight excluding hydrogens is 290 g/mol. The van der Waals surface area contributed by atoms with Gasteiger partial charge in [0.1, 0.15) is 6.10 Å². The van der Waals surface area contributed by atoms with E-state index in [2.05, 4.69) is 21.8 Å². The highest BCUT2D eigenvalue weighted by atomic mass is 16.5. The number of rotatable bonds is 9. The van der Waals surface area contributed by atoms with Crippen LogP contribution < -0.4 is 10.1 Å². The van der Waals surface area contributed by atoms with Gasteiger partial charge in [-0.3, -0.25) is 9.69 Å². The Morgan fingerprint density at radius 2 is 2.26 bits per heavy atom. The Labute approximate surface area is 138 Å². The Morgan fingerprint density at radius 1 is 1.48 bits per heavy atom. The van der Waals surface area contributed by atoms with Gasteiger partial charge < -0.3 is 10.1 Å². The number of hydrogen-bond acceptors (Lipinski definition) is 4. The van der Waals surface area contributed by atoms with Gasteiger partial charge in [0.25, 0.3) is 0 Å². The van der Waals surface area contributed by atoms with Crippen LogP contribution in [0.25, 0.3) is 0 Å². The molecule has 126 valence electrons. The zero-order valence-electron chi connectivity index (χ0n) is 14.0. The number of hydrogen-bond donors (Lipinski definition) is 1. The quantitative estimate of drug-likeness (QED) is 0.711. The average Bonchev–Trinajstić information content (AvgIpc) is 3.05. The van der Waals surface area contributed by atoms with Crippen LogP contribution in [0.4, 0.5) is 0 Å². The van der Waals surface area contributed by atoms with Crippen LogP contribution in [-0.2, 0) is 11.3 Å². The van der Waals surface area contributed by atoms with Crippen molar-refractivity contribution in [2.24, 2.45) is 0 Å². The third-order valence-corrected chi connectivity index (χ3v) is 3.98. The first-order chi connectivity index (χ1) is 11.2. The van der Waals surface area contributed by atoms with Crippen LogP contribution in [0.1, 0.15) is 38.2 Å². The van der Waals surface area contributed by atoms with Crippen LogP contribution in [0.5, 0.6) is 5.88 Å². The SMILES string of the molecule is C=CCC[C@@H](CN1CCCC1)Oc1ccc(CNC(C)=O)cn1. The number of amides is 1. The summed E-state index contributed by atoms with van der Waals surface area (Å²) in [7, 11) is 0. The average molecular weight is 317 g/mol. The van der Waals surface area contributed by atoms with E-state index in [0.717, 1.165) is 38.0 Å². The van der Waals surface area contributed by atoms with Crippen molar-refractivity contribution in [2.45, 2.75) is 45.3 Å². The smallest absolute Gasteiger partial charge is 0.217 e. The van der Waals surface area contributed by atoms with Crippen molar-refractivity contribution in [3.63, 3.8) is 0 Å². The van der Waals surface area contributed by atoms with Crippen molar-refractivity contribution in [3.05, 3.63) is 36.5 Å². The molecule has 1 N–H and O–H groups in total. The van der Waals surface area contributed by atoms with Crippen LogP contribution in [0.15, 0.2) is 31.0 Å². The number of carbonyl (C=O) groups is 1. The third kappa shape index (κ3) is 6.40. The molecule has 2 heterocycles. The number of likely N-dealkylation sites (tertiary alicyclic amines) is 1. The predicted molar refractivity (Wildman–Crippen MR) is 91.3 cm³/mol. The largest absolute Gasteiger partial charge is 0.473 e. The lowest BCUT2D eigenvalue weighted by atomic mass is 10.2. The van der Waals surface area contributed by atoms with Crippen LogP contribution in [-0.4, -0.2) is 41.5 Å². The van der Waals surface area contributed by atoms with Crippen molar-refractivity contribution in [3.8, 4) is 5.88 Å². The van der Waals surface area contributed by atoms with E-state index in [1.807, 2.05) is 18.2 Å². The molecule has 5 nitrogen and oxygen atoms in total. The first kappa shape index (κ1) is 17.5. The molecule has 5 heteroatoms. The van der Waals surface area contributed by atoms with E-state index in [-0.39, 0.29) is 12.0 Å². The molecule has 1 aliphatic rings. The minimum Gasteiger partial charge on any atom is -0.473 e. The second-order valence-electron chi connectivity index (χ2n) is 6.03. The van der Waals surface area contributed by atoms with Crippen LogP contribution in [0, 0.1) is 0 Å². The van der Waals surface area contributed by atoms with E-state index in [1.165, 1.54) is 19.8 Å². The van der Waals surface area contributed by atoms with E-state index >= 15 is 0 Å². The maximum atomic E-state index is 10.9. The lowest BCUT2D eigenvalue weighted by Gasteiger charge is -2.23. The summed E-state index contributed by atoms with van der Waals surface area (Å²) >= 11 is 0. The number of nitrogens with zero attached hydrogens (tertiary/aromatic N) is 2. The van der Waals surface area contributed by atoms with E-state index in [0.29, 0.717) is 12.4 Å². The second-order valence-corrected chi connectivity index (χ2v) is 6.03. The number of nitrogens with one attached hydrogen (secondary N) is 1. The Morgan fingerprint density at radius 3 is 2.87 bits per heavy atom. The van der Waals surface area contributed by atoms with Gasteiger partial charge in [-0.05, 0) is 44.3 Å². The molecule has 0 aromatic carbocycles. The van der Waals surface area contributed by atoms with E-state index in [9.17, 15) is 4.79 Å². The van der Waals surface area contributed by atoms with Crippen molar-refractivity contribution in [2.75, 3.05) is 19.6 Å². The van der Waals surface area contributed by atoms with Crippen molar-refractivity contribution in [1.29, 1.82) is 0 Å². The molecule has 2 rings (SSSR count). The third-order valence-electron chi connectivity index (χ3n) is 3.98. The summed E-state index contributed by atoms with van der Waals surface area (Å²) in [4.78, 5) is 17.7. The van der Waals surface area contributed by atoms with E-state index in [1.54, 1.807) is 6.20 Å². The van der Waals surface area contributed by atoms with Gasteiger partial charge in [0.2, 0.25) is 11.8 Å². The number of carbonyl (C=O) groups excluding carboxylic acids is 1. The first-order valence-corrected chi connectivity index (χ1v) is 8.36. The van der Waals surface area contributed by atoms with Gasteiger partial charge in [0, 0.05) is 32.3 Å². The molecule has 1 aromatic rings. The summed E-state index contributed by atoms with van der Waals surface area (Å²) in [6.07, 6.45) is 8.29. The molecule has 1 atom stereocenters. The summed E-state index contributed by atoms with van der Waals surface area (Å²) in [5, 5.41) is 2.76.